The lowest BCUT2D eigenvalue weighted by Gasteiger charge is -2.09. The smallest absolute Gasteiger partial charge is 0.240 e. The third kappa shape index (κ3) is 5.48. The number of nitrogens with one attached hydrogen (secondary N) is 3. The van der Waals surface area contributed by atoms with Gasteiger partial charge in [-0.25, -0.2) is 18.1 Å². The van der Waals surface area contributed by atoms with E-state index in [0.29, 0.717) is 24.0 Å². The number of hydrogen-bond acceptors (Lipinski definition) is 7. The normalized spacial score (nSPS) is 11.2. The summed E-state index contributed by atoms with van der Waals surface area (Å²) in [5, 5.41) is 14.3. The standard InChI is InChI=1S/C19H22N6O2S/c1-14-3-5-16(6-4-14)28(26,27)22-12-11-21-17-7-8-18(25-24-17)23-19-13-15(2)9-10-20-19/h3-10,13,22H,11-12H2,1-2H3,(H,21,24)(H,20,23,25). The minimum Gasteiger partial charge on any atom is -0.367 e. The zero-order valence-electron chi connectivity index (χ0n) is 15.7. The highest BCUT2D eigenvalue weighted by Gasteiger charge is 2.12. The highest BCUT2D eigenvalue weighted by Crippen LogP contribution is 2.13. The first-order valence-electron chi connectivity index (χ1n) is 8.76. The molecule has 0 saturated heterocycles. The Bertz CT molecular complexity index is 1020. The molecule has 0 aliphatic carbocycles. The lowest BCUT2D eigenvalue weighted by molar-refractivity contribution is 0.583. The molecule has 2 heterocycles. The number of rotatable bonds is 8. The Kier molecular flexibility index (Phi) is 6.17. The van der Waals surface area contributed by atoms with Crippen molar-refractivity contribution < 1.29 is 8.42 Å². The van der Waals surface area contributed by atoms with E-state index in [-0.39, 0.29) is 11.4 Å². The van der Waals surface area contributed by atoms with Crippen molar-refractivity contribution in [2.24, 2.45) is 0 Å². The van der Waals surface area contributed by atoms with Gasteiger partial charge in [-0.1, -0.05) is 17.7 Å². The minimum absolute atomic E-state index is 0.227. The average molecular weight is 398 g/mol. The molecule has 28 heavy (non-hydrogen) atoms. The van der Waals surface area contributed by atoms with Crippen LogP contribution in [-0.4, -0.2) is 36.7 Å². The fourth-order valence-electron chi connectivity index (χ4n) is 2.41. The molecule has 3 N–H and O–H groups in total. The van der Waals surface area contributed by atoms with Gasteiger partial charge in [0.2, 0.25) is 10.0 Å². The predicted octanol–water partition coefficient (Wildman–Crippen LogP) is 2.62. The molecule has 1 aromatic carbocycles. The summed E-state index contributed by atoms with van der Waals surface area (Å²) in [4.78, 5) is 4.46. The summed E-state index contributed by atoms with van der Waals surface area (Å²) in [6.45, 7) is 4.50. The van der Waals surface area contributed by atoms with Crippen molar-refractivity contribution >= 4 is 27.5 Å². The van der Waals surface area contributed by atoms with Gasteiger partial charge in [-0.05, 0) is 55.8 Å². The van der Waals surface area contributed by atoms with Crippen molar-refractivity contribution in [3.05, 3.63) is 65.9 Å². The number of aromatic nitrogens is 3. The molecule has 2 aromatic heterocycles. The maximum atomic E-state index is 12.2. The van der Waals surface area contributed by atoms with E-state index in [1.165, 1.54) is 0 Å². The molecule has 0 unspecified atom stereocenters. The zero-order chi connectivity index (χ0) is 20.0. The fraction of sp³-hybridized carbons (Fsp3) is 0.211. The van der Waals surface area contributed by atoms with Crippen LogP contribution in [0.3, 0.4) is 0 Å². The van der Waals surface area contributed by atoms with Crippen LogP contribution >= 0.6 is 0 Å². The molecule has 0 atom stereocenters. The molecule has 0 spiro atoms. The van der Waals surface area contributed by atoms with Crippen LogP contribution in [0, 0.1) is 13.8 Å². The van der Waals surface area contributed by atoms with Crippen molar-refractivity contribution in [3.8, 4) is 0 Å². The quantitative estimate of drug-likeness (QED) is 0.501. The van der Waals surface area contributed by atoms with Gasteiger partial charge in [0.15, 0.2) is 5.82 Å². The van der Waals surface area contributed by atoms with Crippen LogP contribution in [0.5, 0.6) is 0 Å². The summed E-state index contributed by atoms with van der Waals surface area (Å²) in [5.74, 6) is 1.82. The molecule has 0 saturated carbocycles. The summed E-state index contributed by atoms with van der Waals surface area (Å²) in [6.07, 6.45) is 1.72. The van der Waals surface area contributed by atoms with Crippen molar-refractivity contribution in [1.29, 1.82) is 0 Å². The van der Waals surface area contributed by atoms with Crippen molar-refractivity contribution in [1.82, 2.24) is 19.9 Å². The molecular formula is C19H22N6O2S. The largest absolute Gasteiger partial charge is 0.367 e. The van der Waals surface area contributed by atoms with Crippen molar-refractivity contribution in [2.75, 3.05) is 23.7 Å². The number of pyridine rings is 1. The van der Waals surface area contributed by atoms with Gasteiger partial charge in [-0.15, -0.1) is 10.2 Å². The summed E-state index contributed by atoms with van der Waals surface area (Å²) in [6, 6.07) is 14.1. The molecule has 0 aliphatic heterocycles. The van der Waals surface area contributed by atoms with Gasteiger partial charge >= 0.3 is 0 Å². The summed E-state index contributed by atoms with van der Waals surface area (Å²) < 4.78 is 27.0. The van der Waals surface area contributed by atoms with Crippen LogP contribution in [0.15, 0.2) is 59.6 Å². The van der Waals surface area contributed by atoms with E-state index in [1.807, 2.05) is 26.0 Å². The second kappa shape index (κ2) is 8.77. The first-order valence-corrected chi connectivity index (χ1v) is 10.2. The molecule has 0 aliphatic rings. The summed E-state index contributed by atoms with van der Waals surface area (Å²) >= 11 is 0. The highest BCUT2D eigenvalue weighted by atomic mass is 32.2. The zero-order valence-corrected chi connectivity index (χ0v) is 16.5. The van der Waals surface area contributed by atoms with E-state index in [1.54, 1.807) is 42.6 Å². The van der Waals surface area contributed by atoms with Crippen LogP contribution in [0.25, 0.3) is 0 Å². The van der Waals surface area contributed by atoms with Gasteiger partial charge in [-0.3, -0.25) is 0 Å². The van der Waals surface area contributed by atoms with Gasteiger partial charge < -0.3 is 10.6 Å². The molecule has 0 radical (unpaired) electrons. The Labute approximate surface area is 164 Å². The molecular weight excluding hydrogens is 376 g/mol. The third-order valence-corrected chi connectivity index (χ3v) is 5.37. The van der Waals surface area contributed by atoms with E-state index < -0.39 is 10.0 Å². The molecule has 0 fully saturated rings. The van der Waals surface area contributed by atoms with Crippen LogP contribution in [-0.2, 0) is 10.0 Å². The second-order valence-electron chi connectivity index (χ2n) is 6.28. The van der Waals surface area contributed by atoms with Gasteiger partial charge in [0.1, 0.15) is 11.6 Å². The number of aryl methyl sites for hydroxylation is 2. The molecule has 9 heteroatoms. The van der Waals surface area contributed by atoms with Crippen LogP contribution in [0.2, 0.25) is 0 Å². The van der Waals surface area contributed by atoms with Crippen LogP contribution in [0.1, 0.15) is 11.1 Å². The summed E-state index contributed by atoms with van der Waals surface area (Å²) in [7, 11) is -3.52. The minimum atomic E-state index is -3.52. The number of sulfonamides is 1. The topological polar surface area (TPSA) is 109 Å². The number of hydrogen-bond donors (Lipinski definition) is 3. The molecule has 3 rings (SSSR count). The van der Waals surface area contributed by atoms with Gasteiger partial charge in [0.25, 0.3) is 0 Å². The Hall–Kier alpha value is -3.04. The average Bonchev–Trinajstić information content (AvgIpc) is 2.67. The lowest BCUT2D eigenvalue weighted by atomic mass is 10.2. The Morgan fingerprint density at radius 3 is 2.21 bits per heavy atom. The maximum Gasteiger partial charge on any atom is 0.240 e. The molecule has 8 nitrogen and oxygen atoms in total. The van der Waals surface area contributed by atoms with Gasteiger partial charge in [-0.2, -0.15) is 0 Å². The van der Waals surface area contributed by atoms with Gasteiger partial charge in [0, 0.05) is 19.3 Å². The molecule has 3 aromatic rings. The van der Waals surface area contributed by atoms with E-state index in [0.717, 1.165) is 11.1 Å². The Morgan fingerprint density at radius 2 is 1.54 bits per heavy atom. The van der Waals surface area contributed by atoms with E-state index in [2.05, 4.69) is 30.5 Å². The Balaban J connectivity index is 1.48. The third-order valence-electron chi connectivity index (χ3n) is 3.89. The SMILES string of the molecule is Cc1ccc(S(=O)(=O)NCCNc2ccc(Nc3cc(C)ccn3)nn2)cc1. The first-order chi connectivity index (χ1) is 13.4. The lowest BCUT2D eigenvalue weighted by Crippen LogP contribution is -2.29. The first kappa shape index (κ1) is 19.7. The monoisotopic (exact) mass is 398 g/mol. The number of benzene rings is 1. The highest BCUT2D eigenvalue weighted by molar-refractivity contribution is 7.89. The van der Waals surface area contributed by atoms with Crippen molar-refractivity contribution in [3.63, 3.8) is 0 Å². The molecule has 0 bridgehead atoms. The van der Waals surface area contributed by atoms with Gasteiger partial charge in [0.05, 0.1) is 4.90 Å². The van der Waals surface area contributed by atoms with Crippen LogP contribution in [0.4, 0.5) is 17.5 Å². The van der Waals surface area contributed by atoms with Crippen molar-refractivity contribution in [2.45, 2.75) is 18.7 Å². The van der Waals surface area contributed by atoms with E-state index >= 15 is 0 Å². The van der Waals surface area contributed by atoms with E-state index in [9.17, 15) is 8.42 Å². The van der Waals surface area contributed by atoms with Crippen LogP contribution < -0.4 is 15.4 Å². The Morgan fingerprint density at radius 1 is 0.821 bits per heavy atom. The molecule has 146 valence electrons. The fourth-order valence-corrected chi connectivity index (χ4v) is 3.44. The molecule has 0 amide bonds. The number of nitrogens with zero attached hydrogens (tertiary/aromatic N) is 3. The second-order valence-corrected chi connectivity index (χ2v) is 8.05. The number of anilines is 3. The maximum absolute atomic E-state index is 12.2. The summed E-state index contributed by atoms with van der Waals surface area (Å²) in [5.41, 5.74) is 2.10. The predicted molar refractivity (Wildman–Crippen MR) is 109 cm³/mol. The van der Waals surface area contributed by atoms with E-state index in [4.69, 9.17) is 0 Å².